The molecule has 0 spiro atoms. The number of aliphatic carboxylic acids is 1. The second kappa shape index (κ2) is 7.82. The van der Waals surface area contributed by atoms with Crippen LogP contribution in [0.2, 0.25) is 0 Å². The van der Waals surface area contributed by atoms with Gasteiger partial charge in [0.25, 0.3) is 0 Å². The highest BCUT2D eigenvalue weighted by Crippen LogP contribution is 2.37. The number of rotatable bonds is 7. The molecule has 7 heteroatoms. The van der Waals surface area contributed by atoms with E-state index in [4.69, 9.17) is 18.6 Å². The van der Waals surface area contributed by atoms with Crippen LogP contribution in [-0.4, -0.2) is 32.3 Å². The predicted molar refractivity (Wildman–Crippen MR) is 97.6 cm³/mol. The molecule has 140 valence electrons. The number of hydrogen-bond acceptors (Lipinski definition) is 7. The Morgan fingerprint density at radius 2 is 1.74 bits per heavy atom. The minimum absolute atomic E-state index is 0.206. The van der Waals surface area contributed by atoms with E-state index in [0.29, 0.717) is 39.5 Å². The van der Waals surface area contributed by atoms with Crippen LogP contribution in [0.15, 0.2) is 40.8 Å². The number of oxazole rings is 1. The molecular weight excluding hydrogens is 350 g/mol. The van der Waals surface area contributed by atoms with Gasteiger partial charge in [-0.05, 0) is 24.3 Å². The summed E-state index contributed by atoms with van der Waals surface area (Å²) >= 11 is 0. The lowest BCUT2D eigenvalue weighted by Gasteiger charge is -2.13. The summed E-state index contributed by atoms with van der Waals surface area (Å²) in [4.78, 5) is 15.6. The zero-order valence-electron chi connectivity index (χ0n) is 15.1. The first-order chi connectivity index (χ1) is 13.0. The summed E-state index contributed by atoms with van der Waals surface area (Å²) in [6.07, 6.45) is 1.26. The summed E-state index contributed by atoms with van der Waals surface area (Å²) in [5.74, 6) is 0.421. The first-order valence-electron chi connectivity index (χ1n) is 8.12. The van der Waals surface area contributed by atoms with Gasteiger partial charge in [0.05, 0.1) is 21.3 Å². The zero-order chi connectivity index (χ0) is 19.4. The number of aromatic nitrogens is 1. The molecule has 0 amide bonds. The Kier molecular flexibility index (Phi) is 5.30. The average molecular weight is 368 g/mol. The van der Waals surface area contributed by atoms with Gasteiger partial charge in [-0.25, -0.2) is 4.98 Å². The lowest BCUT2D eigenvalue weighted by Crippen LogP contribution is -2.22. The van der Waals surface area contributed by atoms with Crippen LogP contribution < -0.4 is 19.3 Å². The van der Waals surface area contributed by atoms with Crippen LogP contribution >= 0.6 is 0 Å². The van der Waals surface area contributed by atoms with Crippen molar-refractivity contribution >= 4 is 28.7 Å². The molecule has 0 saturated heterocycles. The molecule has 2 aromatic carbocycles. The standard InChI is InChI=1S/C20H19NO6/c1-24-16-11-18(26-3)17(25-2)9-12(16)8-13(10-19(22)23)20-21-14-6-4-5-7-15(14)27-20/h4-9,11H,10H2,1-3H3,(H,22,23)/p-1/b13-8+. The van der Waals surface area contributed by atoms with Crippen molar-refractivity contribution in [3.05, 3.63) is 47.9 Å². The monoisotopic (exact) mass is 368 g/mol. The minimum atomic E-state index is -1.25. The van der Waals surface area contributed by atoms with E-state index < -0.39 is 5.97 Å². The Bertz CT molecular complexity index is 972. The molecule has 0 saturated carbocycles. The van der Waals surface area contributed by atoms with Crippen molar-refractivity contribution in [1.29, 1.82) is 0 Å². The topological polar surface area (TPSA) is 93.9 Å². The van der Waals surface area contributed by atoms with Gasteiger partial charge in [-0.1, -0.05) is 12.1 Å². The van der Waals surface area contributed by atoms with Crippen LogP contribution in [0.3, 0.4) is 0 Å². The molecule has 0 bridgehead atoms. The molecule has 0 fully saturated rings. The van der Waals surface area contributed by atoms with Gasteiger partial charge < -0.3 is 28.5 Å². The molecule has 1 heterocycles. The van der Waals surface area contributed by atoms with E-state index in [1.165, 1.54) is 21.3 Å². The third-order valence-corrected chi connectivity index (χ3v) is 3.97. The quantitative estimate of drug-likeness (QED) is 0.632. The van der Waals surface area contributed by atoms with Crippen LogP contribution in [0.1, 0.15) is 17.9 Å². The fraction of sp³-hybridized carbons (Fsp3) is 0.200. The number of methoxy groups -OCH3 is 3. The van der Waals surface area contributed by atoms with Crippen LogP contribution in [-0.2, 0) is 4.79 Å². The van der Waals surface area contributed by atoms with Crippen LogP contribution in [0.5, 0.6) is 17.2 Å². The summed E-state index contributed by atoms with van der Waals surface area (Å²) in [5, 5.41) is 11.3. The highest BCUT2D eigenvalue weighted by molar-refractivity contribution is 5.91. The lowest BCUT2D eigenvalue weighted by molar-refractivity contribution is -0.304. The molecule has 3 aromatic rings. The van der Waals surface area contributed by atoms with Gasteiger partial charge >= 0.3 is 0 Å². The van der Waals surface area contributed by atoms with E-state index in [-0.39, 0.29) is 12.3 Å². The molecule has 0 aliphatic heterocycles. The highest BCUT2D eigenvalue weighted by atomic mass is 16.5. The van der Waals surface area contributed by atoms with Gasteiger partial charge in [0.15, 0.2) is 17.1 Å². The SMILES string of the molecule is COc1cc(OC)c(OC)cc1/C=C(\CC(=O)[O-])c1nc2ccccc2o1. The zero-order valence-corrected chi connectivity index (χ0v) is 15.1. The Hall–Kier alpha value is -3.48. The Labute approximate surface area is 155 Å². The Morgan fingerprint density at radius 3 is 2.37 bits per heavy atom. The average Bonchev–Trinajstić information content (AvgIpc) is 3.10. The van der Waals surface area contributed by atoms with Crippen molar-refractivity contribution in [2.45, 2.75) is 6.42 Å². The van der Waals surface area contributed by atoms with Crippen LogP contribution in [0.4, 0.5) is 0 Å². The number of nitrogens with zero attached hydrogens (tertiary/aromatic N) is 1. The van der Waals surface area contributed by atoms with Crippen molar-refractivity contribution in [1.82, 2.24) is 4.98 Å². The van der Waals surface area contributed by atoms with E-state index in [1.54, 1.807) is 30.3 Å². The number of para-hydroxylation sites is 2. The van der Waals surface area contributed by atoms with E-state index in [2.05, 4.69) is 4.98 Å². The maximum absolute atomic E-state index is 11.3. The number of hydrogen-bond donors (Lipinski definition) is 0. The fourth-order valence-corrected chi connectivity index (χ4v) is 2.71. The normalized spacial score (nSPS) is 11.4. The molecule has 0 N–H and O–H groups in total. The molecule has 1 aromatic heterocycles. The number of carboxylic acids is 1. The molecule has 0 aliphatic rings. The van der Waals surface area contributed by atoms with Gasteiger partial charge in [-0.2, -0.15) is 0 Å². The van der Waals surface area contributed by atoms with E-state index in [0.717, 1.165) is 0 Å². The predicted octanol–water partition coefficient (Wildman–Crippen LogP) is 2.53. The number of ether oxygens (including phenoxy) is 3. The number of fused-ring (bicyclic) bond motifs is 1. The number of carboxylic acid groups (broad SMARTS) is 1. The third kappa shape index (κ3) is 3.87. The Morgan fingerprint density at radius 1 is 1.07 bits per heavy atom. The van der Waals surface area contributed by atoms with Crippen LogP contribution in [0.25, 0.3) is 22.7 Å². The van der Waals surface area contributed by atoms with Gasteiger partial charge in [-0.3, -0.25) is 0 Å². The van der Waals surface area contributed by atoms with E-state index in [9.17, 15) is 9.90 Å². The second-order valence-corrected chi connectivity index (χ2v) is 5.65. The summed E-state index contributed by atoms with van der Waals surface area (Å²) in [6.45, 7) is 0. The molecule has 0 radical (unpaired) electrons. The van der Waals surface area contributed by atoms with Gasteiger partial charge in [0.2, 0.25) is 5.89 Å². The first kappa shape index (κ1) is 18.3. The number of carbonyl (C=O) groups is 1. The molecular formula is C20H18NO6-. The lowest BCUT2D eigenvalue weighted by atomic mass is 10.1. The Balaban J connectivity index is 2.14. The molecule has 0 aliphatic carbocycles. The van der Waals surface area contributed by atoms with Crippen molar-refractivity contribution in [3.63, 3.8) is 0 Å². The van der Waals surface area contributed by atoms with Gasteiger partial charge in [-0.15, -0.1) is 0 Å². The number of benzene rings is 2. The third-order valence-electron chi connectivity index (χ3n) is 3.97. The van der Waals surface area contributed by atoms with Crippen LogP contribution in [0, 0.1) is 0 Å². The van der Waals surface area contributed by atoms with Crippen molar-refractivity contribution in [2.75, 3.05) is 21.3 Å². The molecule has 0 unspecified atom stereocenters. The smallest absolute Gasteiger partial charge is 0.223 e. The molecule has 0 atom stereocenters. The maximum atomic E-state index is 11.3. The summed E-state index contributed by atoms with van der Waals surface area (Å²) in [6, 6.07) is 10.5. The largest absolute Gasteiger partial charge is 0.550 e. The molecule has 3 rings (SSSR count). The maximum Gasteiger partial charge on any atom is 0.223 e. The van der Waals surface area contributed by atoms with E-state index in [1.807, 2.05) is 12.1 Å². The number of carbonyl (C=O) groups excluding carboxylic acids is 1. The highest BCUT2D eigenvalue weighted by Gasteiger charge is 2.15. The summed E-state index contributed by atoms with van der Waals surface area (Å²) in [7, 11) is 4.55. The summed E-state index contributed by atoms with van der Waals surface area (Å²) < 4.78 is 21.7. The first-order valence-corrected chi connectivity index (χ1v) is 8.12. The van der Waals surface area contributed by atoms with Crippen molar-refractivity contribution in [2.24, 2.45) is 0 Å². The second-order valence-electron chi connectivity index (χ2n) is 5.65. The van der Waals surface area contributed by atoms with Gasteiger partial charge in [0.1, 0.15) is 11.3 Å². The fourth-order valence-electron chi connectivity index (χ4n) is 2.71. The minimum Gasteiger partial charge on any atom is -0.550 e. The summed E-state index contributed by atoms with van der Waals surface area (Å²) in [5.41, 5.74) is 2.14. The van der Waals surface area contributed by atoms with Crippen molar-refractivity contribution in [3.8, 4) is 17.2 Å². The van der Waals surface area contributed by atoms with E-state index >= 15 is 0 Å². The van der Waals surface area contributed by atoms with Crippen molar-refractivity contribution < 1.29 is 28.5 Å². The molecule has 27 heavy (non-hydrogen) atoms. The van der Waals surface area contributed by atoms with Gasteiger partial charge in [0, 0.05) is 29.6 Å². The molecule has 7 nitrogen and oxygen atoms in total.